The summed E-state index contributed by atoms with van der Waals surface area (Å²) in [7, 11) is 0. The Hall–Kier alpha value is -2.12. The van der Waals surface area contributed by atoms with Gasteiger partial charge in [-0.1, -0.05) is 22.9 Å². The summed E-state index contributed by atoms with van der Waals surface area (Å²) < 4.78 is 0. The van der Waals surface area contributed by atoms with Crippen LogP contribution in [0.3, 0.4) is 0 Å². The Morgan fingerprint density at radius 2 is 2.15 bits per heavy atom. The first-order chi connectivity index (χ1) is 9.47. The summed E-state index contributed by atoms with van der Waals surface area (Å²) in [5, 5.41) is 22.8. The van der Waals surface area contributed by atoms with Crippen molar-refractivity contribution in [1.82, 2.24) is 0 Å². The number of nitrogens with one attached hydrogen (secondary N) is 1. The number of aromatic carboxylic acids is 1. The number of nitrogens with zero attached hydrogens (tertiary/aromatic N) is 1. The van der Waals surface area contributed by atoms with E-state index in [9.17, 15) is 14.9 Å². The van der Waals surface area contributed by atoms with Crippen molar-refractivity contribution in [3.63, 3.8) is 0 Å². The molecule has 0 saturated carbocycles. The molecule has 20 heavy (non-hydrogen) atoms. The number of carboxylic acid groups (broad SMARTS) is 1. The lowest BCUT2D eigenvalue weighted by Crippen LogP contribution is -2.01. The van der Waals surface area contributed by atoms with E-state index in [1.165, 1.54) is 18.2 Å². The van der Waals surface area contributed by atoms with Crippen LogP contribution in [0.4, 0.5) is 10.7 Å². The molecule has 1 aromatic heterocycles. The van der Waals surface area contributed by atoms with Crippen LogP contribution >= 0.6 is 22.9 Å². The number of hydrogen-bond acceptors (Lipinski definition) is 5. The second-order valence-corrected chi connectivity index (χ2v) is 5.40. The number of halogens is 1. The Balaban J connectivity index is 2.08. The SMILES string of the molecule is O=C(O)c1cc(NCc2ccc([N+](=O)[O-])s2)ccc1Cl. The van der Waals surface area contributed by atoms with E-state index in [-0.39, 0.29) is 15.6 Å². The fourth-order valence-corrected chi connectivity index (χ4v) is 2.51. The molecule has 0 aliphatic carbocycles. The van der Waals surface area contributed by atoms with Gasteiger partial charge in [-0.15, -0.1) is 0 Å². The van der Waals surface area contributed by atoms with Crippen LogP contribution in [0.2, 0.25) is 5.02 Å². The zero-order valence-corrected chi connectivity index (χ0v) is 11.6. The first-order valence-corrected chi connectivity index (χ1v) is 6.66. The smallest absolute Gasteiger partial charge is 0.337 e. The third kappa shape index (κ3) is 3.25. The van der Waals surface area contributed by atoms with Crippen molar-refractivity contribution < 1.29 is 14.8 Å². The fraction of sp³-hybridized carbons (Fsp3) is 0.0833. The molecule has 0 aliphatic heterocycles. The summed E-state index contributed by atoms with van der Waals surface area (Å²) in [5.74, 6) is -1.11. The average molecular weight is 313 g/mol. The Kier molecular flexibility index (Phi) is 4.21. The van der Waals surface area contributed by atoms with Gasteiger partial charge in [-0.05, 0) is 24.3 Å². The molecular weight excluding hydrogens is 304 g/mol. The second kappa shape index (κ2) is 5.89. The van der Waals surface area contributed by atoms with Crippen molar-refractivity contribution >= 4 is 39.6 Å². The molecule has 0 fully saturated rings. The largest absolute Gasteiger partial charge is 0.478 e. The second-order valence-electron chi connectivity index (χ2n) is 3.85. The summed E-state index contributed by atoms with van der Waals surface area (Å²) in [6.07, 6.45) is 0. The van der Waals surface area contributed by atoms with Crippen molar-refractivity contribution in [3.8, 4) is 0 Å². The van der Waals surface area contributed by atoms with Crippen molar-refractivity contribution in [2.45, 2.75) is 6.54 Å². The highest BCUT2D eigenvalue weighted by Gasteiger charge is 2.11. The van der Waals surface area contributed by atoms with Crippen molar-refractivity contribution in [2.75, 3.05) is 5.32 Å². The van der Waals surface area contributed by atoms with Gasteiger partial charge in [-0.2, -0.15) is 0 Å². The van der Waals surface area contributed by atoms with Crippen LogP contribution in [0.15, 0.2) is 30.3 Å². The normalized spacial score (nSPS) is 10.2. The highest BCUT2D eigenvalue weighted by molar-refractivity contribution is 7.15. The summed E-state index contributed by atoms with van der Waals surface area (Å²) in [6.45, 7) is 0.374. The number of carbonyl (C=O) groups is 1. The van der Waals surface area contributed by atoms with Crippen LogP contribution < -0.4 is 5.32 Å². The highest BCUT2D eigenvalue weighted by atomic mass is 35.5. The molecule has 0 saturated heterocycles. The van der Waals surface area contributed by atoms with Gasteiger partial charge in [0, 0.05) is 23.2 Å². The zero-order valence-electron chi connectivity index (χ0n) is 10.00. The molecule has 1 heterocycles. The average Bonchev–Trinajstić information content (AvgIpc) is 2.86. The van der Waals surface area contributed by atoms with Gasteiger partial charge in [0.2, 0.25) is 0 Å². The van der Waals surface area contributed by atoms with E-state index in [1.807, 2.05) is 0 Å². The maximum Gasteiger partial charge on any atom is 0.337 e. The summed E-state index contributed by atoms with van der Waals surface area (Å²) in [5.41, 5.74) is 0.594. The number of hydrogen-bond donors (Lipinski definition) is 2. The van der Waals surface area contributed by atoms with Gasteiger partial charge < -0.3 is 10.4 Å². The van der Waals surface area contributed by atoms with Crippen molar-refractivity contribution in [1.29, 1.82) is 0 Å². The Bertz CT molecular complexity index is 671. The van der Waals surface area contributed by atoms with Crippen LogP contribution in [0.5, 0.6) is 0 Å². The minimum Gasteiger partial charge on any atom is -0.478 e. The maximum atomic E-state index is 10.9. The van der Waals surface area contributed by atoms with Gasteiger partial charge in [-0.3, -0.25) is 10.1 Å². The number of benzene rings is 1. The predicted octanol–water partition coefficient (Wildman–Crippen LogP) is 3.62. The molecule has 1 aromatic carbocycles. The van der Waals surface area contributed by atoms with E-state index in [2.05, 4.69) is 5.32 Å². The summed E-state index contributed by atoms with van der Waals surface area (Å²) in [4.78, 5) is 21.8. The first-order valence-electron chi connectivity index (χ1n) is 5.47. The minimum absolute atomic E-state index is 0.00817. The molecular formula is C12H9ClN2O4S. The minimum atomic E-state index is -1.11. The molecule has 0 amide bonds. The molecule has 0 unspecified atom stereocenters. The lowest BCUT2D eigenvalue weighted by atomic mass is 10.2. The van der Waals surface area contributed by atoms with E-state index < -0.39 is 10.9 Å². The van der Waals surface area contributed by atoms with Crippen LogP contribution in [0.1, 0.15) is 15.2 Å². The monoisotopic (exact) mass is 312 g/mol. The Morgan fingerprint density at radius 3 is 2.75 bits per heavy atom. The quantitative estimate of drug-likeness (QED) is 0.649. The standard InChI is InChI=1S/C12H9ClN2O4S/c13-10-3-1-7(5-9(10)12(16)17)14-6-8-2-4-11(20-8)15(18)19/h1-5,14H,6H2,(H,16,17). The lowest BCUT2D eigenvalue weighted by Gasteiger charge is -2.06. The molecule has 2 rings (SSSR count). The van der Waals surface area contributed by atoms with Gasteiger partial charge in [0.1, 0.15) is 0 Å². The van der Waals surface area contributed by atoms with Gasteiger partial charge in [-0.25, -0.2) is 4.79 Å². The van der Waals surface area contributed by atoms with E-state index in [1.54, 1.807) is 12.1 Å². The van der Waals surface area contributed by atoms with Crippen LogP contribution in [-0.4, -0.2) is 16.0 Å². The van der Waals surface area contributed by atoms with Crippen molar-refractivity contribution in [3.05, 3.63) is 55.9 Å². The number of anilines is 1. The van der Waals surface area contributed by atoms with Gasteiger partial charge >= 0.3 is 11.0 Å². The van der Waals surface area contributed by atoms with Gasteiger partial charge in [0.15, 0.2) is 0 Å². The molecule has 0 bridgehead atoms. The van der Waals surface area contributed by atoms with Crippen LogP contribution in [0, 0.1) is 10.1 Å². The fourth-order valence-electron chi connectivity index (χ4n) is 1.55. The number of carboxylic acids is 1. The third-order valence-electron chi connectivity index (χ3n) is 2.49. The van der Waals surface area contributed by atoms with Crippen molar-refractivity contribution in [2.24, 2.45) is 0 Å². The Morgan fingerprint density at radius 1 is 1.40 bits per heavy atom. The van der Waals surface area contributed by atoms with E-state index in [0.717, 1.165) is 16.2 Å². The predicted molar refractivity (Wildman–Crippen MR) is 76.7 cm³/mol. The Labute approximate surface area is 122 Å². The highest BCUT2D eigenvalue weighted by Crippen LogP contribution is 2.25. The molecule has 2 N–H and O–H groups in total. The van der Waals surface area contributed by atoms with Gasteiger partial charge in [0.25, 0.3) is 0 Å². The molecule has 0 spiro atoms. The molecule has 0 aliphatic rings. The molecule has 0 radical (unpaired) electrons. The third-order valence-corrected chi connectivity index (χ3v) is 3.86. The van der Waals surface area contributed by atoms with E-state index >= 15 is 0 Å². The maximum absolute atomic E-state index is 10.9. The summed E-state index contributed by atoms with van der Waals surface area (Å²) in [6, 6.07) is 7.66. The molecule has 2 aromatic rings. The van der Waals surface area contributed by atoms with Gasteiger partial charge in [0.05, 0.1) is 15.5 Å². The van der Waals surface area contributed by atoms with E-state index in [4.69, 9.17) is 16.7 Å². The van der Waals surface area contributed by atoms with E-state index in [0.29, 0.717) is 12.2 Å². The lowest BCUT2D eigenvalue weighted by molar-refractivity contribution is -0.380. The number of nitro groups is 1. The van der Waals surface area contributed by atoms with Crippen LogP contribution in [0.25, 0.3) is 0 Å². The molecule has 8 heteroatoms. The molecule has 104 valence electrons. The summed E-state index contributed by atoms with van der Waals surface area (Å²) >= 11 is 6.83. The van der Waals surface area contributed by atoms with Crippen LogP contribution in [-0.2, 0) is 6.54 Å². The molecule has 6 nitrogen and oxygen atoms in total. The number of thiophene rings is 1. The number of rotatable bonds is 5. The topological polar surface area (TPSA) is 92.5 Å². The first kappa shape index (κ1) is 14.3. The zero-order chi connectivity index (χ0) is 14.7. The molecule has 0 atom stereocenters.